The smallest absolute Gasteiger partial charge is 0.127 e. The normalized spacial score (nSPS) is 11.4. The Morgan fingerprint density at radius 2 is 2.22 bits per heavy atom. The Labute approximate surface area is 112 Å². The van der Waals surface area contributed by atoms with Crippen LogP contribution in [0.2, 0.25) is 0 Å². The Kier molecular flexibility index (Phi) is 4.14. The van der Waals surface area contributed by atoms with E-state index in [2.05, 4.69) is 31.2 Å². The van der Waals surface area contributed by atoms with Gasteiger partial charge in [0, 0.05) is 30.2 Å². The van der Waals surface area contributed by atoms with Crippen LogP contribution in [0.25, 0.3) is 10.6 Å². The van der Waals surface area contributed by atoms with Gasteiger partial charge in [-0.2, -0.15) is 5.10 Å². The summed E-state index contributed by atoms with van der Waals surface area (Å²) in [4.78, 5) is 6.11. The number of rotatable bonds is 5. The van der Waals surface area contributed by atoms with Crippen molar-refractivity contribution in [1.29, 1.82) is 0 Å². The Hall–Kier alpha value is -1.20. The highest BCUT2D eigenvalue weighted by Gasteiger charge is 2.15. The van der Waals surface area contributed by atoms with Crippen LogP contribution in [-0.4, -0.2) is 21.3 Å². The van der Waals surface area contributed by atoms with Gasteiger partial charge in [0.25, 0.3) is 0 Å². The largest absolute Gasteiger partial charge is 0.312 e. The van der Waals surface area contributed by atoms with Gasteiger partial charge in [-0.25, -0.2) is 4.98 Å². The first-order valence-corrected chi connectivity index (χ1v) is 7.12. The van der Waals surface area contributed by atoms with Crippen LogP contribution in [0.5, 0.6) is 0 Å². The molecule has 0 bridgehead atoms. The number of thiazole rings is 1. The zero-order valence-electron chi connectivity index (χ0n) is 11.4. The molecule has 1 N–H and O–H groups in total. The summed E-state index contributed by atoms with van der Waals surface area (Å²) >= 11 is 1.77. The molecule has 5 heteroatoms. The summed E-state index contributed by atoms with van der Waals surface area (Å²) in [7, 11) is 1.93. The van der Waals surface area contributed by atoms with Crippen molar-refractivity contribution >= 4 is 11.3 Å². The molecule has 0 radical (unpaired) electrons. The third-order valence-electron chi connectivity index (χ3n) is 2.76. The molecule has 98 valence electrons. The van der Waals surface area contributed by atoms with Gasteiger partial charge in [-0.05, 0) is 12.5 Å². The van der Waals surface area contributed by atoms with E-state index in [0.717, 1.165) is 23.7 Å². The number of hydrogen-bond acceptors (Lipinski definition) is 4. The number of nitrogens with one attached hydrogen (secondary N) is 1. The van der Waals surface area contributed by atoms with Crippen LogP contribution in [0.4, 0.5) is 0 Å². The lowest BCUT2D eigenvalue weighted by atomic mass is 10.1. The van der Waals surface area contributed by atoms with E-state index >= 15 is 0 Å². The van der Waals surface area contributed by atoms with Crippen molar-refractivity contribution in [3.05, 3.63) is 23.0 Å². The number of aromatic nitrogens is 3. The maximum Gasteiger partial charge on any atom is 0.127 e. The van der Waals surface area contributed by atoms with E-state index in [1.165, 1.54) is 10.6 Å². The van der Waals surface area contributed by atoms with Crippen molar-refractivity contribution in [3.8, 4) is 10.6 Å². The molecule has 2 rings (SSSR count). The number of nitrogens with zero attached hydrogens (tertiary/aromatic N) is 3. The summed E-state index contributed by atoms with van der Waals surface area (Å²) in [5.41, 5.74) is 2.31. The maximum atomic E-state index is 4.77. The van der Waals surface area contributed by atoms with Gasteiger partial charge in [-0.1, -0.05) is 20.8 Å². The molecule has 0 amide bonds. The van der Waals surface area contributed by atoms with E-state index < -0.39 is 0 Å². The zero-order valence-corrected chi connectivity index (χ0v) is 12.2. The van der Waals surface area contributed by atoms with E-state index in [1.54, 1.807) is 11.3 Å². The topological polar surface area (TPSA) is 42.7 Å². The fraction of sp³-hybridized carbons (Fsp3) is 0.538. The minimum atomic E-state index is 0.459. The monoisotopic (exact) mass is 264 g/mol. The van der Waals surface area contributed by atoms with Crippen LogP contribution < -0.4 is 5.32 Å². The molecule has 0 saturated heterocycles. The van der Waals surface area contributed by atoms with Gasteiger partial charge in [0.15, 0.2) is 0 Å². The molecule has 18 heavy (non-hydrogen) atoms. The number of hydrogen-bond donors (Lipinski definition) is 1. The quantitative estimate of drug-likeness (QED) is 0.903. The fourth-order valence-electron chi connectivity index (χ4n) is 1.83. The van der Waals surface area contributed by atoms with E-state index in [0.29, 0.717) is 5.92 Å². The van der Waals surface area contributed by atoms with Gasteiger partial charge in [0.2, 0.25) is 0 Å². The Morgan fingerprint density at radius 1 is 1.44 bits per heavy atom. The average Bonchev–Trinajstić information content (AvgIpc) is 2.92. The van der Waals surface area contributed by atoms with Gasteiger partial charge >= 0.3 is 0 Å². The maximum absolute atomic E-state index is 4.77. The first kappa shape index (κ1) is 13.2. The number of aryl methyl sites for hydroxylation is 1. The van der Waals surface area contributed by atoms with E-state index in [-0.39, 0.29) is 0 Å². The van der Waals surface area contributed by atoms with Gasteiger partial charge in [-0.15, -0.1) is 11.3 Å². The summed E-state index contributed by atoms with van der Waals surface area (Å²) in [5, 5.41) is 8.66. The van der Waals surface area contributed by atoms with Crippen molar-refractivity contribution < 1.29 is 0 Å². The minimum Gasteiger partial charge on any atom is -0.312 e. The Balaban J connectivity index is 2.32. The predicted molar refractivity (Wildman–Crippen MR) is 75.8 cm³/mol. The molecule has 2 heterocycles. The van der Waals surface area contributed by atoms with Crippen molar-refractivity contribution in [1.82, 2.24) is 20.1 Å². The lowest BCUT2D eigenvalue weighted by molar-refractivity contribution is 0.714. The van der Waals surface area contributed by atoms with Crippen LogP contribution in [0.1, 0.15) is 37.3 Å². The molecule has 0 aliphatic heterocycles. The van der Waals surface area contributed by atoms with Gasteiger partial charge in [0.1, 0.15) is 5.01 Å². The molecular weight excluding hydrogens is 244 g/mol. The summed E-state index contributed by atoms with van der Waals surface area (Å²) in [5.74, 6) is 0.459. The standard InChI is InChI=1S/C13H20N4S/c1-5-14-7-11-12(9(2)3)16-13(18-11)10-6-15-17(4)8-10/h6,8-9,14H,5,7H2,1-4H3. The van der Waals surface area contributed by atoms with E-state index in [4.69, 9.17) is 4.98 Å². The van der Waals surface area contributed by atoms with Gasteiger partial charge in [0.05, 0.1) is 11.9 Å². The molecule has 0 fully saturated rings. The minimum absolute atomic E-state index is 0.459. The highest BCUT2D eigenvalue weighted by Crippen LogP contribution is 2.31. The van der Waals surface area contributed by atoms with Crippen molar-refractivity contribution in [2.24, 2.45) is 7.05 Å². The molecule has 0 saturated carbocycles. The van der Waals surface area contributed by atoms with E-state index in [9.17, 15) is 0 Å². The molecule has 0 aliphatic carbocycles. The molecule has 0 unspecified atom stereocenters. The van der Waals surface area contributed by atoms with Crippen molar-refractivity contribution in [3.63, 3.8) is 0 Å². The Bertz CT molecular complexity index is 513. The lowest BCUT2D eigenvalue weighted by Crippen LogP contribution is -2.12. The summed E-state index contributed by atoms with van der Waals surface area (Å²) in [6.45, 7) is 8.40. The molecular formula is C13H20N4S. The lowest BCUT2D eigenvalue weighted by Gasteiger charge is -2.04. The van der Waals surface area contributed by atoms with Crippen LogP contribution in [0.3, 0.4) is 0 Å². The third-order valence-corrected chi connectivity index (χ3v) is 3.88. The molecule has 2 aromatic heterocycles. The first-order chi connectivity index (χ1) is 8.61. The second-order valence-electron chi connectivity index (χ2n) is 4.67. The highest BCUT2D eigenvalue weighted by molar-refractivity contribution is 7.15. The van der Waals surface area contributed by atoms with Crippen LogP contribution in [0.15, 0.2) is 12.4 Å². The summed E-state index contributed by atoms with van der Waals surface area (Å²) in [6.07, 6.45) is 3.89. The SMILES string of the molecule is CCNCc1sc(-c2cnn(C)c2)nc1C(C)C. The third kappa shape index (κ3) is 2.79. The molecule has 0 aromatic carbocycles. The molecule has 0 aliphatic rings. The summed E-state index contributed by atoms with van der Waals surface area (Å²) < 4.78 is 1.82. The van der Waals surface area contributed by atoms with Crippen LogP contribution in [-0.2, 0) is 13.6 Å². The van der Waals surface area contributed by atoms with Gasteiger partial charge < -0.3 is 5.32 Å². The second-order valence-corrected chi connectivity index (χ2v) is 5.75. The van der Waals surface area contributed by atoms with Crippen molar-refractivity contribution in [2.45, 2.75) is 33.2 Å². The molecule has 2 aromatic rings. The Morgan fingerprint density at radius 3 is 2.78 bits per heavy atom. The second kappa shape index (κ2) is 5.63. The van der Waals surface area contributed by atoms with Crippen LogP contribution in [0, 0.1) is 0 Å². The van der Waals surface area contributed by atoms with Crippen LogP contribution >= 0.6 is 11.3 Å². The average molecular weight is 264 g/mol. The predicted octanol–water partition coefficient (Wildman–Crippen LogP) is 2.78. The van der Waals surface area contributed by atoms with Gasteiger partial charge in [-0.3, -0.25) is 4.68 Å². The zero-order chi connectivity index (χ0) is 13.1. The van der Waals surface area contributed by atoms with E-state index in [1.807, 2.05) is 24.1 Å². The fourth-order valence-corrected chi connectivity index (χ4v) is 3.00. The van der Waals surface area contributed by atoms with Crippen molar-refractivity contribution in [2.75, 3.05) is 6.54 Å². The molecule has 4 nitrogen and oxygen atoms in total. The highest BCUT2D eigenvalue weighted by atomic mass is 32.1. The first-order valence-electron chi connectivity index (χ1n) is 6.31. The molecule has 0 spiro atoms. The summed E-state index contributed by atoms with van der Waals surface area (Å²) in [6, 6.07) is 0. The molecule has 0 atom stereocenters.